The fraction of sp³-hybridized carbons (Fsp3) is 0.500. The predicted octanol–water partition coefficient (Wildman–Crippen LogP) is 3.33. The second-order valence-electron chi connectivity index (χ2n) is 6.42. The van der Waals surface area contributed by atoms with Crippen LogP contribution in [0.25, 0.3) is 0 Å². The van der Waals surface area contributed by atoms with Crippen molar-refractivity contribution in [1.82, 2.24) is 25.4 Å². The highest BCUT2D eigenvalue weighted by Gasteiger charge is 2.24. The highest BCUT2D eigenvalue weighted by atomic mass is 127. The number of guanidine groups is 1. The summed E-state index contributed by atoms with van der Waals surface area (Å²) in [5.74, 6) is 3.26. The molecular weight excluding hydrogens is 479 g/mol. The molecule has 0 radical (unpaired) electrons. The van der Waals surface area contributed by atoms with Gasteiger partial charge in [-0.1, -0.05) is 17.7 Å². The molecule has 0 bridgehead atoms. The van der Waals surface area contributed by atoms with Gasteiger partial charge in [0.1, 0.15) is 23.5 Å². The van der Waals surface area contributed by atoms with Crippen LogP contribution in [0.1, 0.15) is 37.5 Å². The van der Waals surface area contributed by atoms with E-state index < -0.39 is 0 Å². The minimum atomic E-state index is -0.0377. The summed E-state index contributed by atoms with van der Waals surface area (Å²) in [7, 11) is 1.76. The molecule has 0 saturated heterocycles. The molecule has 1 aliphatic rings. The predicted molar refractivity (Wildman–Crippen MR) is 118 cm³/mol. The third kappa shape index (κ3) is 5.97. The van der Waals surface area contributed by atoms with Crippen molar-refractivity contribution < 1.29 is 4.74 Å². The highest BCUT2D eigenvalue weighted by molar-refractivity contribution is 14.0. The second-order valence-corrected chi connectivity index (χ2v) is 6.85. The van der Waals surface area contributed by atoms with E-state index in [1.54, 1.807) is 7.05 Å². The van der Waals surface area contributed by atoms with Gasteiger partial charge in [0.2, 0.25) is 0 Å². The number of aryl methyl sites for hydroxylation is 2. The number of hydrogen-bond acceptors (Lipinski definition) is 4. The normalized spacial score (nSPS) is 17.5. The van der Waals surface area contributed by atoms with E-state index in [9.17, 15) is 0 Å². The molecule has 3 rings (SSSR count). The van der Waals surface area contributed by atoms with Gasteiger partial charge in [-0.25, -0.2) is 9.67 Å². The van der Waals surface area contributed by atoms with Gasteiger partial charge in [-0.2, -0.15) is 5.10 Å². The fourth-order valence-electron chi connectivity index (χ4n) is 3.02. The smallest absolute Gasteiger partial charge is 0.191 e. The Kier molecular flexibility index (Phi) is 8.15. The summed E-state index contributed by atoms with van der Waals surface area (Å²) in [6.07, 6.45) is 2.04. The first-order chi connectivity index (χ1) is 12.5. The summed E-state index contributed by atoms with van der Waals surface area (Å²) < 4.78 is 7.86. The molecule has 2 unspecified atom stereocenters. The molecule has 7 nitrogen and oxygen atoms in total. The molecule has 0 spiro atoms. The number of rotatable bonds is 5. The topological polar surface area (TPSA) is 76.4 Å². The molecule has 9 heteroatoms. The van der Waals surface area contributed by atoms with E-state index >= 15 is 0 Å². The maximum atomic E-state index is 5.99. The number of nitrogens with zero attached hydrogens (tertiary/aromatic N) is 4. The van der Waals surface area contributed by atoms with Gasteiger partial charge < -0.3 is 15.4 Å². The molecule has 2 N–H and O–H groups in total. The number of aromatic nitrogens is 3. The summed E-state index contributed by atoms with van der Waals surface area (Å²) in [5, 5.41) is 11.9. The number of halogens is 2. The minimum absolute atomic E-state index is 0. The summed E-state index contributed by atoms with van der Waals surface area (Å²) in [6, 6.07) is 7.52. The van der Waals surface area contributed by atoms with Crippen LogP contribution in [-0.2, 0) is 6.54 Å². The Balaban J connectivity index is 0.00000261. The van der Waals surface area contributed by atoms with Crippen LogP contribution in [0.2, 0.25) is 5.02 Å². The van der Waals surface area contributed by atoms with Crippen LogP contribution in [0.5, 0.6) is 5.75 Å². The summed E-state index contributed by atoms with van der Waals surface area (Å²) in [5.41, 5.74) is 0. The minimum Gasteiger partial charge on any atom is -0.489 e. The molecule has 2 heterocycles. The Bertz CT molecular complexity index is 781. The van der Waals surface area contributed by atoms with Crippen LogP contribution in [0.15, 0.2) is 29.3 Å². The average Bonchev–Trinajstić information content (AvgIpc) is 2.99. The number of fused-ring (bicyclic) bond motifs is 1. The van der Waals surface area contributed by atoms with Crippen molar-refractivity contribution >= 4 is 41.5 Å². The molecule has 0 amide bonds. The van der Waals surface area contributed by atoms with Crippen molar-refractivity contribution in [3.63, 3.8) is 0 Å². The summed E-state index contributed by atoms with van der Waals surface area (Å²) >= 11 is 5.99. The van der Waals surface area contributed by atoms with Crippen molar-refractivity contribution in [3.05, 3.63) is 40.9 Å². The van der Waals surface area contributed by atoms with Gasteiger partial charge >= 0.3 is 0 Å². The Morgan fingerprint density at radius 1 is 1.48 bits per heavy atom. The van der Waals surface area contributed by atoms with Gasteiger partial charge in [-0.15, -0.1) is 24.0 Å². The standard InChI is InChI=1S/C18H25ClN6O.HI/c1-12(26-15-7-4-6-14(19)10-15)11-21-18(20-3)23-16-8-5-9-25-17(16)22-13(2)24-25;/h4,6-7,10,12,16H,5,8-9,11H2,1-3H3,(H2,20,21,23);1H. The van der Waals surface area contributed by atoms with Crippen LogP contribution < -0.4 is 15.4 Å². The van der Waals surface area contributed by atoms with Crippen LogP contribution >= 0.6 is 35.6 Å². The number of nitrogens with one attached hydrogen (secondary N) is 2. The Labute approximate surface area is 182 Å². The zero-order valence-corrected chi connectivity index (χ0v) is 18.9. The first kappa shape index (κ1) is 21.7. The molecule has 1 aromatic heterocycles. The van der Waals surface area contributed by atoms with E-state index in [1.807, 2.05) is 42.8 Å². The lowest BCUT2D eigenvalue weighted by Gasteiger charge is -2.25. The van der Waals surface area contributed by atoms with Crippen molar-refractivity contribution in [1.29, 1.82) is 0 Å². The monoisotopic (exact) mass is 504 g/mol. The van der Waals surface area contributed by atoms with E-state index in [4.69, 9.17) is 16.3 Å². The van der Waals surface area contributed by atoms with Crippen molar-refractivity contribution in [2.45, 2.75) is 45.4 Å². The molecule has 27 heavy (non-hydrogen) atoms. The van der Waals surface area contributed by atoms with Gasteiger partial charge in [0.25, 0.3) is 0 Å². The molecule has 0 saturated carbocycles. The molecule has 0 fully saturated rings. The first-order valence-electron chi connectivity index (χ1n) is 8.86. The molecule has 1 aromatic carbocycles. The second kappa shape index (κ2) is 10.1. The molecule has 0 aliphatic carbocycles. The number of aliphatic imine (C=N–C) groups is 1. The van der Waals surface area contributed by atoms with Crippen LogP contribution in [0, 0.1) is 6.92 Å². The average molecular weight is 505 g/mol. The van der Waals surface area contributed by atoms with E-state index in [0.29, 0.717) is 11.6 Å². The van der Waals surface area contributed by atoms with E-state index in [1.165, 1.54) is 0 Å². The number of hydrogen-bond donors (Lipinski definition) is 2. The van der Waals surface area contributed by atoms with Gasteiger partial charge in [0, 0.05) is 18.6 Å². The molecule has 148 valence electrons. The van der Waals surface area contributed by atoms with Crippen molar-refractivity contribution in [2.24, 2.45) is 4.99 Å². The molecule has 2 aromatic rings. The van der Waals surface area contributed by atoms with Gasteiger partial charge in [0.15, 0.2) is 5.96 Å². The van der Waals surface area contributed by atoms with Crippen molar-refractivity contribution in [2.75, 3.05) is 13.6 Å². The summed E-state index contributed by atoms with van der Waals surface area (Å²) in [6.45, 7) is 5.46. The van der Waals surface area contributed by atoms with E-state index in [0.717, 1.165) is 42.7 Å². The molecule has 1 aliphatic heterocycles. The zero-order chi connectivity index (χ0) is 18.5. The third-order valence-corrected chi connectivity index (χ3v) is 4.44. The van der Waals surface area contributed by atoms with Gasteiger partial charge in [-0.3, -0.25) is 4.99 Å². The maximum Gasteiger partial charge on any atom is 0.191 e. The lowest BCUT2D eigenvalue weighted by atomic mass is 10.1. The Morgan fingerprint density at radius 3 is 3.04 bits per heavy atom. The van der Waals surface area contributed by atoms with E-state index in [-0.39, 0.29) is 36.1 Å². The quantitative estimate of drug-likeness (QED) is 0.371. The third-order valence-electron chi connectivity index (χ3n) is 4.21. The first-order valence-corrected chi connectivity index (χ1v) is 9.23. The SMILES string of the molecule is CN=C(NCC(C)Oc1cccc(Cl)c1)NC1CCCn2nc(C)nc21.I. The largest absolute Gasteiger partial charge is 0.489 e. The molecule has 2 atom stereocenters. The van der Waals surface area contributed by atoms with Gasteiger partial charge in [0.05, 0.1) is 12.6 Å². The van der Waals surface area contributed by atoms with Crippen molar-refractivity contribution in [3.8, 4) is 5.75 Å². The highest BCUT2D eigenvalue weighted by Crippen LogP contribution is 2.22. The molecular formula is C18H26ClIN6O. The lowest BCUT2D eigenvalue weighted by molar-refractivity contribution is 0.223. The van der Waals surface area contributed by atoms with Crippen LogP contribution in [0.3, 0.4) is 0 Å². The zero-order valence-electron chi connectivity index (χ0n) is 15.8. The maximum absolute atomic E-state index is 5.99. The number of benzene rings is 1. The fourth-order valence-corrected chi connectivity index (χ4v) is 3.20. The Hall–Kier alpha value is -1.55. The number of ether oxygens (including phenoxy) is 1. The van der Waals surface area contributed by atoms with Crippen LogP contribution in [-0.4, -0.2) is 40.4 Å². The summed E-state index contributed by atoms with van der Waals surface area (Å²) in [4.78, 5) is 8.86. The lowest BCUT2D eigenvalue weighted by Crippen LogP contribution is -2.44. The van der Waals surface area contributed by atoms with Gasteiger partial charge in [-0.05, 0) is 44.9 Å². The van der Waals surface area contributed by atoms with Crippen LogP contribution in [0.4, 0.5) is 0 Å². The Morgan fingerprint density at radius 2 is 2.30 bits per heavy atom. The van der Waals surface area contributed by atoms with E-state index in [2.05, 4.69) is 25.7 Å².